The van der Waals surface area contributed by atoms with Crippen molar-refractivity contribution >= 4 is 28.9 Å². The van der Waals surface area contributed by atoms with Gasteiger partial charge in [0.05, 0.1) is 4.92 Å². The molecule has 0 bridgehead atoms. The third-order valence-electron chi connectivity index (χ3n) is 2.80. The zero-order valence-corrected chi connectivity index (χ0v) is 12.2. The van der Waals surface area contributed by atoms with E-state index in [1.807, 2.05) is 0 Å². The molecule has 0 aliphatic rings. The molecule has 0 unspecified atom stereocenters. The van der Waals surface area contributed by atoms with Crippen molar-refractivity contribution < 1.29 is 9.72 Å². The number of rotatable bonds is 4. The van der Waals surface area contributed by atoms with Gasteiger partial charge in [-0.3, -0.25) is 19.7 Å². The fraction of sp³-hybridized carbons (Fsp3) is 0.154. The van der Waals surface area contributed by atoms with Gasteiger partial charge in [0.25, 0.3) is 17.2 Å². The van der Waals surface area contributed by atoms with E-state index in [9.17, 15) is 19.7 Å². The predicted molar refractivity (Wildman–Crippen MR) is 80.2 cm³/mol. The Balaban J connectivity index is 2.35. The van der Waals surface area contributed by atoms with E-state index < -0.39 is 10.8 Å². The van der Waals surface area contributed by atoms with Crippen LogP contribution in [0.1, 0.15) is 17.4 Å². The summed E-state index contributed by atoms with van der Waals surface area (Å²) in [4.78, 5) is 33.9. The highest BCUT2D eigenvalue weighted by molar-refractivity contribution is 6.31. The number of hydrogen-bond donors (Lipinski definition) is 1. The summed E-state index contributed by atoms with van der Waals surface area (Å²) in [6.45, 7) is 2.01. The second-order valence-electron chi connectivity index (χ2n) is 4.25. The van der Waals surface area contributed by atoms with Crippen LogP contribution in [0.3, 0.4) is 0 Å². The molecule has 0 atom stereocenters. The molecule has 1 heterocycles. The maximum absolute atomic E-state index is 12.1. The molecule has 8 nitrogen and oxygen atoms in total. The molecule has 1 aromatic heterocycles. The van der Waals surface area contributed by atoms with Crippen molar-refractivity contribution in [3.05, 3.63) is 61.5 Å². The second kappa shape index (κ2) is 6.35. The molecular formula is C13H11ClN4O4. The van der Waals surface area contributed by atoms with Gasteiger partial charge in [-0.2, -0.15) is 5.10 Å². The number of halogens is 1. The minimum atomic E-state index is -0.674. The van der Waals surface area contributed by atoms with Crippen LogP contribution in [0.25, 0.3) is 0 Å². The lowest BCUT2D eigenvalue weighted by Crippen LogP contribution is -2.25. The Bertz CT molecular complexity index is 803. The minimum Gasteiger partial charge on any atom is -0.315 e. The van der Waals surface area contributed by atoms with Crippen molar-refractivity contribution in [2.24, 2.45) is 0 Å². The molecule has 0 fully saturated rings. The number of anilines is 1. The van der Waals surface area contributed by atoms with Crippen molar-refractivity contribution in [2.75, 3.05) is 5.32 Å². The highest BCUT2D eigenvalue weighted by atomic mass is 35.5. The number of amides is 1. The summed E-state index contributed by atoms with van der Waals surface area (Å²) in [5.74, 6) is -0.674. The van der Waals surface area contributed by atoms with Crippen LogP contribution < -0.4 is 10.9 Å². The van der Waals surface area contributed by atoms with Gasteiger partial charge in [0, 0.05) is 23.7 Å². The molecule has 1 N–H and O–H groups in total. The summed E-state index contributed by atoms with van der Waals surface area (Å²) >= 11 is 5.78. The lowest BCUT2D eigenvalue weighted by atomic mass is 10.2. The number of nitro benzene ring substituents is 1. The van der Waals surface area contributed by atoms with Crippen LogP contribution in [0.4, 0.5) is 11.4 Å². The van der Waals surface area contributed by atoms with E-state index in [1.165, 1.54) is 30.3 Å². The van der Waals surface area contributed by atoms with Crippen LogP contribution >= 0.6 is 11.6 Å². The first-order valence-electron chi connectivity index (χ1n) is 6.26. The van der Waals surface area contributed by atoms with Crippen molar-refractivity contribution in [3.8, 4) is 0 Å². The fourth-order valence-corrected chi connectivity index (χ4v) is 1.92. The summed E-state index contributed by atoms with van der Waals surface area (Å²) in [5.41, 5.74) is -0.705. The van der Waals surface area contributed by atoms with Gasteiger partial charge in [0.15, 0.2) is 0 Å². The Hall–Kier alpha value is -2.74. The van der Waals surface area contributed by atoms with Gasteiger partial charge in [-0.15, -0.1) is 0 Å². The van der Waals surface area contributed by atoms with Crippen molar-refractivity contribution in [3.63, 3.8) is 0 Å². The number of hydrogen-bond acceptors (Lipinski definition) is 5. The SMILES string of the molecule is CCn1nc(C(=O)Nc2cc(Cl)ccc2[N+](=O)[O-])ccc1=O. The molecule has 0 saturated carbocycles. The highest BCUT2D eigenvalue weighted by Crippen LogP contribution is 2.27. The van der Waals surface area contributed by atoms with Crippen LogP contribution in [0, 0.1) is 10.1 Å². The maximum atomic E-state index is 12.1. The lowest BCUT2D eigenvalue weighted by molar-refractivity contribution is -0.383. The number of nitrogens with one attached hydrogen (secondary N) is 1. The Labute approximate surface area is 129 Å². The Morgan fingerprint density at radius 2 is 2.14 bits per heavy atom. The minimum absolute atomic E-state index is 0.0317. The number of nitrogens with zero attached hydrogens (tertiary/aromatic N) is 3. The number of carbonyl (C=O) groups is 1. The zero-order valence-electron chi connectivity index (χ0n) is 11.4. The topological polar surface area (TPSA) is 107 Å². The Kier molecular flexibility index (Phi) is 4.52. The molecule has 0 aliphatic carbocycles. The average Bonchev–Trinajstić information content (AvgIpc) is 2.47. The number of benzene rings is 1. The van der Waals surface area contributed by atoms with Crippen LogP contribution in [0.2, 0.25) is 5.02 Å². The van der Waals surface area contributed by atoms with Gasteiger partial charge in [-0.05, 0) is 25.1 Å². The van der Waals surface area contributed by atoms with Gasteiger partial charge in [-0.1, -0.05) is 11.6 Å². The molecule has 0 radical (unpaired) electrons. The van der Waals surface area contributed by atoms with Gasteiger partial charge in [0.1, 0.15) is 11.4 Å². The third kappa shape index (κ3) is 3.29. The Morgan fingerprint density at radius 3 is 2.77 bits per heavy atom. The van der Waals surface area contributed by atoms with Crippen molar-refractivity contribution in [2.45, 2.75) is 13.5 Å². The molecule has 0 saturated heterocycles. The first-order chi connectivity index (χ1) is 10.4. The van der Waals surface area contributed by atoms with E-state index in [4.69, 9.17) is 11.6 Å². The molecule has 114 valence electrons. The molecule has 2 aromatic rings. The van der Waals surface area contributed by atoms with E-state index in [-0.39, 0.29) is 27.7 Å². The molecule has 1 aromatic carbocycles. The number of carbonyl (C=O) groups excluding carboxylic acids is 1. The average molecular weight is 323 g/mol. The molecule has 0 aliphatic heterocycles. The zero-order chi connectivity index (χ0) is 16.3. The molecule has 9 heteroatoms. The first-order valence-corrected chi connectivity index (χ1v) is 6.63. The van der Waals surface area contributed by atoms with E-state index >= 15 is 0 Å². The van der Waals surface area contributed by atoms with E-state index in [0.717, 1.165) is 4.68 Å². The van der Waals surface area contributed by atoms with Crippen molar-refractivity contribution in [1.29, 1.82) is 0 Å². The van der Waals surface area contributed by atoms with Crippen LogP contribution in [0.5, 0.6) is 0 Å². The standard InChI is InChI=1S/C13H11ClN4O4/c1-2-17-12(19)6-4-9(16-17)13(20)15-10-7-8(14)3-5-11(10)18(21)22/h3-7H,2H2,1H3,(H,15,20). The molecule has 22 heavy (non-hydrogen) atoms. The van der Waals surface area contributed by atoms with Gasteiger partial charge in [0.2, 0.25) is 0 Å². The fourth-order valence-electron chi connectivity index (χ4n) is 1.75. The van der Waals surface area contributed by atoms with Gasteiger partial charge >= 0.3 is 0 Å². The maximum Gasteiger partial charge on any atom is 0.292 e. The lowest BCUT2D eigenvalue weighted by Gasteiger charge is -2.07. The van der Waals surface area contributed by atoms with E-state index in [0.29, 0.717) is 6.54 Å². The van der Waals surface area contributed by atoms with Gasteiger partial charge < -0.3 is 5.32 Å². The predicted octanol–water partition coefficient (Wildman–Crippen LogP) is 2.08. The quantitative estimate of drug-likeness (QED) is 0.685. The van der Waals surface area contributed by atoms with E-state index in [1.54, 1.807) is 6.92 Å². The Morgan fingerprint density at radius 1 is 1.41 bits per heavy atom. The molecular weight excluding hydrogens is 312 g/mol. The van der Waals surface area contributed by atoms with Crippen LogP contribution in [-0.4, -0.2) is 20.6 Å². The highest BCUT2D eigenvalue weighted by Gasteiger charge is 2.18. The first kappa shape index (κ1) is 15.6. The molecule has 1 amide bonds. The number of aromatic nitrogens is 2. The summed E-state index contributed by atoms with van der Waals surface area (Å²) in [6, 6.07) is 6.27. The number of nitro groups is 1. The number of aryl methyl sites for hydroxylation is 1. The monoisotopic (exact) mass is 322 g/mol. The summed E-state index contributed by atoms with van der Waals surface area (Å²) in [5, 5.41) is 17.4. The normalized spacial score (nSPS) is 10.3. The summed E-state index contributed by atoms with van der Waals surface area (Å²) in [7, 11) is 0. The van der Waals surface area contributed by atoms with Crippen LogP contribution in [0.15, 0.2) is 35.1 Å². The van der Waals surface area contributed by atoms with Crippen LogP contribution in [-0.2, 0) is 6.54 Å². The van der Waals surface area contributed by atoms with E-state index in [2.05, 4.69) is 10.4 Å². The smallest absolute Gasteiger partial charge is 0.292 e. The second-order valence-corrected chi connectivity index (χ2v) is 4.68. The summed E-state index contributed by atoms with van der Waals surface area (Å²) < 4.78 is 1.11. The van der Waals surface area contributed by atoms with Crippen molar-refractivity contribution in [1.82, 2.24) is 9.78 Å². The third-order valence-corrected chi connectivity index (χ3v) is 3.04. The molecule has 2 rings (SSSR count). The summed E-state index contributed by atoms with van der Waals surface area (Å²) in [6.07, 6.45) is 0. The molecule has 0 spiro atoms. The van der Waals surface area contributed by atoms with Gasteiger partial charge in [-0.25, -0.2) is 4.68 Å². The largest absolute Gasteiger partial charge is 0.315 e.